The molecule has 0 aliphatic heterocycles. The Morgan fingerprint density at radius 3 is 2.69 bits per heavy atom. The van der Waals surface area contributed by atoms with Crippen LogP contribution in [0, 0.1) is 5.92 Å². The maximum Gasteiger partial charge on any atom is 0.244 e. The van der Waals surface area contributed by atoms with Gasteiger partial charge in [0.1, 0.15) is 5.75 Å². The third kappa shape index (κ3) is 6.21. The summed E-state index contributed by atoms with van der Waals surface area (Å²) < 4.78 is 5.56. The molecule has 2 amide bonds. The van der Waals surface area contributed by atoms with Crippen molar-refractivity contribution < 1.29 is 14.3 Å². The van der Waals surface area contributed by atoms with Gasteiger partial charge in [-0.2, -0.15) is 0 Å². The molecule has 1 aliphatic carbocycles. The molecule has 0 radical (unpaired) electrons. The van der Waals surface area contributed by atoms with Gasteiger partial charge in [0.15, 0.2) is 0 Å². The van der Waals surface area contributed by atoms with Crippen LogP contribution in [-0.4, -0.2) is 18.4 Å². The highest BCUT2D eigenvalue weighted by Crippen LogP contribution is 2.26. The summed E-state index contributed by atoms with van der Waals surface area (Å²) in [5.74, 6) is 0.795. The van der Waals surface area contributed by atoms with E-state index in [1.54, 1.807) is 6.08 Å². The molecule has 2 aromatic carbocycles. The van der Waals surface area contributed by atoms with Gasteiger partial charge in [0.2, 0.25) is 11.8 Å². The SMILES string of the molecule is CCOc1ccccc1/C=C/C(=O)NCc1cccc(NC(=O)C2CCCC2)c1. The summed E-state index contributed by atoms with van der Waals surface area (Å²) >= 11 is 0. The molecule has 0 bridgehead atoms. The predicted molar refractivity (Wildman–Crippen MR) is 116 cm³/mol. The number of benzene rings is 2. The van der Waals surface area contributed by atoms with E-state index < -0.39 is 0 Å². The van der Waals surface area contributed by atoms with Crippen LogP contribution in [0.3, 0.4) is 0 Å². The van der Waals surface area contributed by atoms with E-state index in [1.165, 1.54) is 6.08 Å². The van der Waals surface area contributed by atoms with Gasteiger partial charge in [0.05, 0.1) is 6.61 Å². The molecule has 1 saturated carbocycles. The summed E-state index contributed by atoms with van der Waals surface area (Å²) in [6.45, 7) is 2.89. The first kappa shape index (κ1) is 20.6. The molecule has 0 spiro atoms. The zero-order chi connectivity index (χ0) is 20.5. The molecule has 1 fully saturated rings. The monoisotopic (exact) mass is 392 g/mol. The quantitative estimate of drug-likeness (QED) is 0.648. The third-order valence-electron chi connectivity index (χ3n) is 5.02. The lowest BCUT2D eigenvalue weighted by Crippen LogP contribution is -2.21. The van der Waals surface area contributed by atoms with Crippen molar-refractivity contribution in [1.29, 1.82) is 0 Å². The molecule has 0 heterocycles. The lowest BCUT2D eigenvalue weighted by Gasteiger charge is -2.11. The summed E-state index contributed by atoms with van der Waals surface area (Å²) in [5.41, 5.74) is 2.57. The van der Waals surface area contributed by atoms with Crippen LogP contribution in [0.25, 0.3) is 6.08 Å². The normalized spacial score (nSPS) is 14.1. The van der Waals surface area contributed by atoms with E-state index in [9.17, 15) is 9.59 Å². The first-order chi connectivity index (χ1) is 14.2. The number of carbonyl (C=O) groups is 2. The van der Waals surface area contributed by atoms with Gasteiger partial charge < -0.3 is 15.4 Å². The van der Waals surface area contributed by atoms with Crippen molar-refractivity contribution in [3.05, 3.63) is 65.7 Å². The van der Waals surface area contributed by atoms with Crippen molar-refractivity contribution in [2.75, 3.05) is 11.9 Å². The van der Waals surface area contributed by atoms with Crippen LogP contribution in [0.2, 0.25) is 0 Å². The van der Waals surface area contributed by atoms with Crippen LogP contribution in [-0.2, 0) is 16.1 Å². The van der Waals surface area contributed by atoms with Gasteiger partial charge in [-0.3, -0.25) is 9.59 Å². The predicted octanol–water partition coefficient (Wildman–Crippen LogP) is 4.54. The zero-order valence-electron chi connectivity index (χ0n) is 16.8. The number of ether oxygens (including phenoxy) is 1. The Morgan fingerprint density at radius 2 is 1.90 bits per heavy atom. The first-order valence-electron chi connectivity index (χ1n) is 10.2. The Morgan fingerprint density at radius 1 is 1.10 bits per heavy atom. The number of carbonyl (C=O) groups excluding carboxylic acids is 2. The van der Waals surface area contributed by atoms with Gasteiger partial charge in [-0.25, -0.2) is 0 Å². The van der Waals surface area contributed by atoms with Crippen molar-refractivity contribution >= 4 is 23.6 Å². The highest BCUT2D eigenvalue weighted by molar-refractivity contribution is 5.93. The maximum absolute atomic E-state index is 12.3. The van der Waals surface area contributed by atoms with Gasteiger partial charge in [0, 0.05) is 29.8 Å². The second-order valence-corrected chi connectivity index (χ2v) is 7.19. The van der Waals surface area contributed by atoms with Gasteiger partial charge in [-0.1, -0.05) is 43.2 Å². The van der Waals surface area contributed by atoms with Crippen LogP contribution in [0.15, 0.2) is 54.6 Å². The minimum Gasteiger partial charge on any atom is -0.493 e. The van der Waals surface area contributed by atoms with Gasteiger partial charge in [0.25, 0.3) is 0 Å². The number of amides is 2. The molecule has 0 unspecified atom stereocenters. The van der Waals surface area contributed by atoms with Crippen LogP contribution < -0.4 is 15.4 Å². The summed E-state index contributed by atoms with van der Waals surface area (Å²) in [6.07, 6.45) is 7.46. The Kier molecular flexibility index (Phi) is 7.45. The fourth-order valence-electron chi connectivity index (χ4n) is 3.51. The Hall–Kier alpha value is -3.08. The number of rotatable bonds is 8. The molecule has 3 rings (SSSR count). The van der Waals surface area contributed by atoms with Crippen molar-refractivity contribution in [3.63, 3.8) is 0 Å². The number of nitrogens with one attached hydrogen (secondary N) is 2. The number of hydrogen-bond acceptors (Lipinski definition) is 3. The number of para-hydroxylation sites is 1. The highest BCUT2D eigenvalue weighted by atomic mass is 16.5. The smallest absolute Gasteiger partial charge is 0.244 e. The first-order valence-corrected chi connectivity index (χ1v) is 10.2. The zero-order valence-corrected chi connectivity index (χ0v) is 16.8. The van der Waals surface area contributed by atoms with Crippen LogP contribution in [0.5, 0.6) is 5.75 Å². The molecular formula is C24H28N2O3. The second kappa shape index (κ2) is 10.5. The second-order valence-electron chi connectivity index (χ2n) is 7.19. The van der Waals surface area contributed by atoms with Gasteiger partial charge in [-0.15, -0.1) is 0 Å². The average molecular weight is 392 g/mol. The van der Waals surface area contributed by atoms with Crippen molar-refractivity contribution in [3.8, 4) is 5.75 Å². The van der Waals surface area contributed by atoms with Crippen LogP contribution >= 0.6 is 0 Å². The lowest BCUT2D eigenvalue weighted by atomic mass is 10.1. The molecule has 5 heteroatoms. The average Bonchev–Trinajstić information content (AvgIpc) is 3.27. The molecule has 0 saturated heterocycles. The number of anilines is 1. The molecule has 152 valence electrons. The standard InChI is InChI=1S/C24H28N2O3/c1-2-29-22-13-6-5-9-19(22)14-15-23(27)25-17-18-8-7-12-21(16-18)26-24(28)20-10-3-4-11-20/h5-9,12-16,20H,2-4,10-11,17H2,1H3,(H,25,27)(H,26,28)/b15-14+. The fraction of sp³-hybridized carbons (Fsp3) is 0.333. The molecule has 0 aromatic heterocycles. The van der Waals surface area contributed by atoms with Crippen molar-refractivity contribution in [1.82, 2.24) is 5.32 Å². The Bertz CT molecular complexity index is 870. The summed E-state index contributed by atoms with van der Waals surface area (Å²) in [4.78, 5) is 24.5. The Balaban J connectivity index is 1.53. The molecule has 29 heavy (non-hydrogen) atoms. The summed E-state index contributed by atoms with van der Waals surface area (Å²) in [7, 11) is 0. The Labute approximate surface area is 172 Å². The lowest BCUT2D eigenvalue weighted by molar-refractivity contribution is -0.119. The molecule has 1 aliphatic rings. The van der Waals surface area contributed by atoms with Crippen LogP contribution in [0.4, 0.5) is 5.69 Å². The van der Waals surface area contributed by atoms with E-state index in [4.69, 9.17) is 4.74 Å². The van der Waals surface area contributed by atoms with E-state index >= 15 is 0 Å². The van der Waals surface area contributed by atoms with Gasteiger partial charge in [-0.05, 0) is 49.6 Å². The summed E-state index contributed by atoms with van der Waals surface area (Å²) in [6, 6.07) is 15.2. The topological polar surface area (TPSA) is 67.4 Å². The highest BCUT2D eigenvalue weighted by Gasteiger charge is 2.22. The van der Waals surface area contributed by atoms with Crippen LogP contribution in [0.1, 0.15) is 43.7 Å². The fourth-order valence-corrected chi connectivity index (χ4v) is 3.51. The van der Waals surface area contributed by atoms with Gasteiger partial charge >= 0.3 is 0 Å². The molecule has 5 nitrogen and oxygen atoms in total. The molecule has 2 N–H and O–H groups in total. The minimum absolute atomic E-state index is 0.0968. The summed E-state index contributed by atoms with van der Waals surface area (Å²) in [5, 5.41) is 5.87. The maximum atomic E-state index is 12.3. The van der Waals surface area contributed by atoms with Crippen molar-refractivity contribution in [2.45, 2.75) is 39.2 Å². The minimum atomic E-state index is -0.184. The molecule has 2 aromatic rings. The van der Waals surface area contributed by atoms with E-state index in [0.717, 1.165) is 48.2 Å². The third-order valence-corrected chi connectivity index (χ3v) is 5.02. The molecular weight excluding hydrogens is 364 g/mol. The molecule has 0 atom stereocenters. The van der Waals surface area contributed by atoms with E-state index in [0.29, 0.717) is 13.2 Å². The van der Waals surface area contributed by atoms with E-state index in [-0.39, 0.29) is 17.7 Å². The van der Waals surface area contributed by atoms with E-state index in [2.05, 4.69) is 10.6 Å². The van der Waals surface area contributed by atoms with Crippen molar-refractivity contribution in [2.24, 2.45) is 5.92 Å². The largest absolute Gasteiger partial charge is 0.493 e. The van der Waals surface area contributed by atoms with E-state index in [1.807, 2.05) is 55.5 Å². The number of hydrogen-bond donors (Lipinski definition) is 2.